The Hall–Kier alpha value is -1.87. The lowest BCUT2D eigenvalue weighted by Gasteiger charge is -2.14. The van der Waals surface area contributed by atoms with Gasteiger partial charge >= 0.3 is 0 Å². The van der Waals surface area contributed by atoms with Gasteiger partial charge in [-0.1, -0.05) is 6.07 Å². The number of halogens is 2. The first-order valence-electron chi connectivity index (χ1n) is 5.69. The van der Waals surface area contributed by atoms with Gasteiger partial charge in [0.1, 0.15) is 17.6 Å². The summed E-state index contributed by atoms with van der Waals surface area (Å²) in [5.74, 6) is -2.61. The molecule has 1 heterocycles. The molecule has 1 aromatic carbocycles. The van der Waals surface area contributed by atoms with Crippen molar-refractivity contribution < 1.29 is 17.2 Å². The largest absolute Gasteiger partial charge is 0.251 e. The fourth-order valence-corrected chi connectivity index (χ4v) is 2.99. The molecule has 20 heavy (non-hydrogen) atoms. The van der Waals surface area contributed by atoms with E-state index < -0.39 is 32.6 Å². The predicted molar refractivity (Wildman–Crippen MR) is 66.2 cm³/mol. The van der Waals surface area contributed by atoms with Crippen LogP contribution in [-0.2, 0) is 16.6 Å². The molecule has 9 heteroatoms. The Morgan fingerprint density at radius 1 is 1.40 bits per heavy atom. The average molecular weight is 302 g/mol. The lowest BCUT2D eigenvalue weighted by Crippen LogP contribution is -2.36. The maximum atomic E-state index is 13.5. The fourth-order valence-electron chi connectivity index (χ4n) is 1.66. The van der Waals surface area contributed by atoms with E-state index in [2.05, 4.69) is 14.8 Å². The van der Waals surface area contributed by atoms with Crippen LogP contribution in [0, 0.1) is 11.6 Å². The molecule has 0 aliphatic heterocycles. The molecule has 1 N–H and O–H groups in total. The molecule has 0 radical (unpaired) electrons. The first kappa shape index (κ1) is 14.5. The van der Waals surface area contributed by atoms with Crippen molar-refractivity contribution in [1.29, 1.82) is 0 Å². The van der Waals surface area contributed by atoms with E-state index in [0.717, 1.165) is 18.2 Å². The zero-order chi connectivity index (χ0) is 14.8. The molecule has 0 bridgehead atoms. The molecule has 0 saturated carbocycles. The monoisotopic (exact) mass is 302 g/mol. The van der Waals surface area contributed by atoms with Gasteiger partial charge in [0.15, 0.2) is 11.6 Å². The van der Waals surface area contributed by atoms with Gasteiger partial charge in [-0.2, -0.15) is 5.10 Å². The number of sulfonamides is 1. The van der Waals surface area contributed by atoms with Crippen LogP contribution in [0.15, 0.2) is 35.7 Å². The summed E-state index contributed by atoms with van der Waals surface area (Å²) >= 11 is 0. The summed E-state index contributed by atoms with van der Waals surface area (Å²) in [7, 11) is -4.14. The van der Waals surface area contributed by atoms with Crippen LogP contribution in [0.3, 0.4) is 0 Å². The molecule has 2 rings (SSSR count). The van der Waals surface area contributed by atoms with Gasteiger partial charge in [-0.3, -0.25) is 4.68 Å². The molecular weight excluding hydrogens is 290 g/mol. The number of nitrogens with zero attached hydrogens (tertiary/aromatic N) is 3. The SMILES string of the molecule is C[C@@H](Cn1cncn1)NS(=O)(=O)c1cccc(F)c1F. The van der Waals surface area contributed by atoms with Crippen LogP contribution in [0.1, 0.15) is 6.92 Å². The van der Waals surface area contributed by atoms with Gasteiger partial charge < -0.3 is 0 Å². The fraction of sp³-hybridized carbons (Fsp3) is 0.273. The summed E-state index contributed by atoms with van der Waals surface area (Å²) in [6, 6.07) is 2.43. The molecule has 1 aromatic heterocycles. The molecule has 0 spiro atoms. The van der Waals surface area contributed by atoms with Crippen molar-refractivity contribution in [3.05, 3.63) is 42.5 Å². The van der Waals surface area contributed by atoms with E-state index in [0.29, 0.717) is 0 Å². The number of aromatic nitrogens is 3. The molecule has 0 saturated heterocycles. The highest BCUT2D eigenvalue weighted by atomic mass is 32.2. The van der Waals surface area contributed by atoms with Gasteiger partial charge in [0.05, 0.1) is 6.54 Å². The minimum absolute atomic E-state index is 0.218. The second-order valence-electron chi connectivity index (χ2n) is 4.19. The van der Waals surface area contributed by atoms with Crippen molar-refractivity contribution in [2.24, 2.45) is 0 Å². The highest BCUT2D eigenvalue weighted by molar-refractivity contribution is 7.89. The van der Waals surface area contributed by atoms with Gasteiger partial charge in [0.2, 0.25) is 10.0 Å². The minimum Gasteiger partial charge on any atom is -0.251 e. The molecule has 1 atom stereocenters. The third kappa shape index (κ3) is 3.17. The van der Waals surface area contributed by atoms with E-state index in [1.54, 1.807) is 6.92 Å². The molecule has 6 nitrogen and oxygen atoms in total. The van der Waals surface area contributed by atoms with Crippen molar-refractivity contribution in [3.8, 4) is 0 Å². The van der Waals surface area contributed by atoms with E-state index in [-0.39, 0.29) is 6.54 Å². The van der Waals surface area contributed by atoms with Crippen molar-refractivity contribution >= 4 is 10.0 Å². The number of hydrogen-bond donors (Lipinski definition) is 1. The number of nitrogens with one attached hydrogen (secondary N) is 1. The minimum atomic E-state index is -4.14. The van der Waals surface area contributed by atoms with Gasteiger partial charge in [0.25, 0.3) is 0 Å². The van der Waals surface area contributed by atoms with E-state index >= 15 is 0 Å². The Bertz CT molecular complexity index is 688. The highest BCUT2D eigenvalue weighted by Gasteiger charge is 2.23. The molecular formula is C11H12F2N4O2S. The molecule has 108 valence electrons. The maximum absolute atomic E-state index is 13.5. The topological polar surface area (TPSA) is 76.9 Å². The Morgan fingerprint density at radius 3 is 2.80 bits per heavy atom. The molecule has 0 aliphatic rings. The number of rotatable bonds is 5. The van der Waals surface area contributed by atoms with Gasteiger partial charge in [-0.25, -0.2) is 26.9 Å². The summed E-state index contributed by atoms with van der Waals surface area (Å²) in [6.45, 7) is 1.80. The smallest absolute Gasteiger partial charge is 0.243 e. The Labute approximate surface area is 114 Å². The predicted octanol–water partition coefficient (Wildman–Crippen LogP) is 0.923. The molecule has 0 unspecified atom stereocenters. The third-order valence-corrected chi connectivity index (χ3v) is 4.10. The van der Waals surface area contributed by atoms with Crippen LogP contribution < -0.4 is 4.72 Å². The first-order chi connectivity index (χ1) is 9.40. The molecule has 0 fully saturated rings. The second kappa shape index (κ2) is 5.63. The number of hydrogen-bond acceptors (Lipinski definition) is 4. The van der Waals surface area contributed by atoms with E-state index in [1.807, 2.05) is 0 Å². The van der Waals surface area contributed by atoms with E-state index in [9.17, 15) is 17.2 Å². The van der Waals surface area contributed by atoms with E-state index in [1.165, 1.54) is 17.3 Å². The third-order valence-electron chi connectivity index (χ3n) is 2.49. The zero-order valence-electron chi connectivity index (χ0n) is 10.5. The van der Waals surface area contributed by atoms with Crippen molar-refractivity contribution in [2.45, 2.75) is 24.4 Å². The van der Waals surface area contributed by atoms with Gasteiger partial charge in [-0.05, 0) is 19.1 Å². The van der Waals surface area contributed by atoms with Crippen molar-refractivity contribution in [2.75, 3.05) is 0 Å². The Kier molecular flexibility index (Phi) is 4.09. The summed E-state index contributed by atoms with van der Waals surface area (Å²) in [5, 5.41) is 3.83. The first-order valence-corrected chi connectivity index (χ1v) is 7.17. The van der Waals surface area contributed by atoms with Gasteiger partial charge in [0, 0.05) is 6.04 Å². The lowest BCUT2D eigenvalue weighted by atomic mass is 10.3. The Balaban J connectivity index is 2.16. The molecule has 0 aliphatic carbocycles. The Morgan fingerprint density at radius 2 is 2.15 bits per heavy atom. The summed E-state index contributed by atoms with van der Waals surface area (Å²) in [4.78, 5) is 3.00. The quantitative estimate of drug-likeness (QED) is 0.891. The van der Waals surface area contributed by atoms with Crippen LogP contribution in [-0.4, -0.2) is 29.2 Å². The van der Waals surface area contributed by atoms with Crippen LogP contribution in [0.25, 0.3) is 0 Å². The summed E-state index contributed by atoms with van der Waals surface area (Å²) < 4.78 is 54.2. The molecule has 0 amide bonds. The van der Waals surface area contributed by atoms with Crippen LogP contribution in [0.4, 0.5) is 8.78 Å². The van der Waals surface area contributed by atoms with Crippen LogP contribution >= 0.6 is 0 Å². The lowest BCUT2D eigenvalue weighted by molar-refractivity contribution is 0.472. The van der Waals surface area contributed by atoms with Crippen LogP contribution in [0.2, 0.25) is 0 Å². The highest BCUT2D eigenvalue weighted by Crippen LogP contribution is 2.17. The normalized spacial score (nSPS) is 13.3. The van der Waals surface area contributed by atoms with Crippen molar-refractivity contribution in [3.63, 3.8) is 0 Å². The summed E-state index contributed by atoms with van der Waals surface area (Å²) in [5.41, 5.74) is 0. The molecule has 2 aromatic rings. The number of benzene rings is 1. The second-order valence-corrected chi connectivity index (χ2v) is 5.87. The maximum Gasteiger partial charge on any atom is 0.243 e. The van der Waals surface area contributed by atoms with Crippen molar-refractivity contribution in [1.82, 2.24) is 19.5 Å². The van der Waals surface area contributed by atoms with Gasteiger partial charge in [-0.15, -0.1) is 0 Å². The average Bonchev–Trinajstić information content (AvgIpc) is 2.84. The summed E-state index contributed by atoms with van der Waals surface area (Å²) in [6.07, 6.45) is 2.74. The standard InChI is InChI=1S/C11H12F2N4O2S/c1-8(5-17-7-14-6-15-17)16-20(18,19)10-4-2-3-9(12)11(10)13/h2-4,6-8,16H,5H2,1H3/t8-/m0/s1. The zero-order valence-corrected chi connectivity index (χ0v) is 11.3. The van der Waals surface area contributed by atoms with E-state index in [4.69, 9.17) is 0 Å². The van der Waals surface area contributed by atoms with Crippen LogP contribution in [0.5, 0.6) is 0 Å².